The van der Waals surface area contributed by atoms with Crippen LogP contribution in [0.5, 0.6) is 5.75 Å². The lowest BCUT2D eigenvalue weighted by Crippen LogP contribution is -2.04. The lowest BCUT2D eigenvalue weighted by atomic mass is 10.2. The molecule has 0 spiro atoms. The molecule has 0 unspecified atom stereocenters. The molecular weight excluding hydrogens is 192 g/mol. The Morgan fingerprint density at radius 2 is 2.23 bits per heavy atom. The highest BCUT2D eigenvalue weighted by molar-refractivity contribution is 6.31. The van der Waals surface area contributed by atoms with Crippen molar-refractivity contribution < 1.29 is 14.6 Å². The van der Waals surface area contributed by atoms with Crippen molar-refractivity contribution in [3.05, 3.63) is 28.8 Å². The van der Waals surface area contributed by atoms with E-state index in [4.69, 9.17) is 21.4 Å². The summed E-state index contributed by atoms with van der Waals surface area (Å²) in [4.78, 5) is 11.2. The van der Waals surface area contributed by atoms with Crippen LogP contribution in [0, 0.1) is 0 Å². The summed E-state index contributed by atoms with van der Waals surface area (Å²) < 4.78 is 4.73. The molecule has 1 aromatic rings. The van der Waals surface area contributed by atoms with E-state index in [2.05, 4.69) is 0 Å². The fraction of sp³-hybridized carbons (Fsp3) is 0.222. The molecule has 3 nitrogen and oxygen atoms in total. The van der Waals surface area contributed by atoms with Gasteiger partial charge in [0.2, 0.25) is 0 Å². The molecule has 0 atom stereocenters. The Bertz CT molecular complexity index is 302. The second kappa shape index (κ2) is 4.14. The number of aromatic hydroxyl groups is 1. The van der Waals surface area contributed by atoms with E-state index >= 15 is 0 Å². The maximum atomic E-state index is 11.2. The zero-order chi connectivity index (χ0) is 9.84. The van der Waals surface area contributed by atoms with Gasteiger partial charge in [-0.1, -0.05) is 11.6 Å². The van der Waals surface area contributed by atoms with Crippen molar-refractivity contribution in [2.24, 2.45) is 0 Å². The van der Waals surface area contributed by atoms with Crippen LogP contribution in [0.15, 0.2) is 18.2 Å². The minimum absolute atomic E-state index is 0.0458. The SMILES string of the molecule is CCOC(=O)c1cc(O)cc(Cl)c1. The highest BCUT2D eigenvalue weighted by Crippen LogP contribution is 2.20. The van der Waals surface area contributed by atoms with Gasteiger partial charge in [-0.25, -0.2) is 4.79 Å². The molecule has 0 radical (unpaired) electrons. The first kappa shape index (κ1) is 9.86. The standard InChI is InChI=1S/C9H9ClO3/c1-2-13-9(12)6-3-7(10)5-8(11)4-6/h3-5,11H,2H2,1H3. The van der Waals surface area contributed by atoms with Gasteiger partial charge in [-0.2, -0.15) is 0 Å². The molecule has 0 saturated heterocycles. The quantitative estimate of drug-likeness (QED) is 0.745. The average molecular weight is 201 g/mol. The monoisotopic (exact) mass is 200 g/mol. The smallest absolute Gasteiger partial charge is 0.338 e. The molecule has 1 rings (SSSR count). The fourth-order valence-electron chi connectivity index (χ4n) is 0.906. The maximum Gasteiger partial charge on any atom is 0.338 e. The zero-order valence-electron chi connectivity index (χ0n) is 7.08. The molecule has 13 heavy (non-hydrogen) atoms. The van der Waals surface area contributed by atoms with Crippen LogP contribution < -0.4 is 0 Å². The first-order chi connectivity index (χ1) is 6.13. The predicted octanol–water partition coefficient (Wildman–Crippen LogP) is 2.22. The van der Waals surface area contributed by atoms with Crippen LogP contribution in [0.1, 0.15) is 17.3 Å². The normalized spacial score (nSPS) is 9.69. The van der Waals surface area contributed by atoms with Gasteiger partial charge in [0.05, 0.1) is 12.2 Å². The van der Waals surface area contributed by atoms with Gasteiger partial charge in [-0.3, -0.25) is 0 Å². The average Bonchev–Trinajstić information content (AvgIpc) is 2.03. The summed E-state index contributed by atoms with van der Waals surface area (Å²) in [5, 5.41) is 9.43. The lowest BCUT2D eigenvalue weighted by Gasteiger charge is -2.02. The summed E-state index contributed by atoms with van der Waals surface area (Å²) in [7, 11) is 0. The number of benzene rings is 1. The fourth-order valence-corrected chi connectivity index (χ4v) is 1.14. The van der Waals surface area contributed by atoms with E-state index in [1.807, 2.05) is 0 Å². The summed E-state index contributed by atoms with van der Waals surface area (Å²) in [5.41, 5.74) is 0.256. The predicted molar refractivity (Wildman–Crippen MR) is 49.1 cm³/mol. The number of carbonyl (C=O) groups is 1. The topological polar surface area (TPSA) is 46.5 Å². The molecule has 0 heterocycles. The van der Waals surface area contributed by atoms with Crippen LogP contribution in [0.4, 0.5) is 0 Å². The van der Waals surface area contributed by atoms with Gasteiger partial charge < -0.3 is 9.84 Å². The second-order valence-corrected chi connectivity index (χ2v) is 2.86. The van der Waals surface area contributed by atoms with E-state index in [1.165, 1.54) is 18.2 Å². The highest BCUT2D eigenvalue weighted by Gasteiger charge is 2.08. The Morgan fingerprint density at radius 1 is 1.54 bits per heavy atom. The maximum absolute atomic E-state index is 11.2. The van der Waals surface area contributed by atoms with Gasteiger partial charge in [0.25, 0.3) is 0 Å². The number of phenolic OH excluding ortho intramolecular Hbond substituents is 1. The summed E-state index contributed by atoms with van der Waals surface area (Å²) in [6.07, 6.45) is 0. The zero-order valence-corrected chi connectivity index (χ0v) is 7.84. The second-order valence-electron chi connectivity index (χ2n) is 2.42. The van der Waals surface area contributed by atoms with Crippen molar-refractivity contribution in [2.75, 3.05) is 6.61 Å². The minimum Gasteiger partial charge on any atom is -0.508 e. The number of carbonyl (C=O) groups excluding carboxylic acids is 1. The van der Waals surface area contributed by atoms with Crippen LogP contribution in [0.2, 0.25) is 5.02 Å². The van der Waals surface area contributed by atoms with Crippen LogP contribution in [-0.4, -0.2) is 17.7 Å². The van der Waals surface area contributed by atoms with E-state index in [0.717, 1.165) is 0 Å². The van der Waals surface area contributed by atoms with Crippen LogP contribution >= 0.6 is 11.6 Å². The van der Waals surface area contributed by atoms with E-state index in [9.17, 15) is 4.79 Å². The first-order valence-electron chi connectivity index (χ1n) is 3.80. The summed E-state index contributed by atoms with van der Waals surface area (Å²) in [5.74, 6) is -0.532. The third-order valence-corrected chi connectivity index (χ3v) is 1.61. The van der Waals surface area contributed by atoms with E-state index in [1.54, 1.807) is 6.92 Å². The Kier molecular flexibility index (Phi) is 3.14. The first-order valence-corrected chi connectivity index (χ1v) is 4.18. The van der Waals surface area contributed by atoms with E-state index < -0.39 is 5.97 Å². The van der Waals surface area contributed by atoms with Gasteiger partial charge >= 0.3 is 5.97 Å². The number of rotatable bonds is 2. The van der Waals surface area contributed by atoms with Crippen molar-refractivity contribution in [3.8, 4) is 5.75 Å². The lowest BCUT2D eigenvalue weighted by molar-refractivity contribution is 0.0526. The number of ether oxygens (including phenoxy) is 1. The molecule has 70 valence electrons. The molecule has 0 fully saturated rings. The van der Waals surface area contributed by atoms with Crippen molar-refractivity contribution in [3.63, 3.8) is 0 Å². The van der Waals surface area contributed by atoms with Crippen LogP contribution in [0.25, 0.3) is 0 Å². The summed E-state index contributed by atoms with van der Waals surface area (Å²) >= 11 is 5.63. The third-order valence-electron chi connectivity index (χ3n) is 1.39. The van der Waals surface area contributed by atoms with Crippen molar-refractivity contribution >= 4 is 17.6 Å². The largest absolute Gasteiger partial charge is 0.508 e. The van der Waals surface area contributed by atoms with Crippen LogP contribution in [-0.2, 0) is 4.74 Å². The molecule has 0 bridgehead atoms. The number of hydrogen-bond acceptors (Lipinski definition) is 3. The number of phenols is 1. The Morgan fingerprint density at radius 3 is 2.77 bits per heavy atom. The minimum atomic E-state index is -0.486. The van der Waals surface area contributed by atoms with Crippen molar-refractivity contribution in [1.82, 2.24) is 0 Å². The summed E-state index contributed by atoms with van der Waals surface area (Å²) in [6, 6.07) is 4.10. The number of hydrogen-bond donors (Lipinski definition) is 1. The molecule has 0 aliphatic heterocycles. The number of halogens is 1. The third kappa shape index (κ3) is 2.63. The van der Waals surface area contributed by atoms with Crippen LogP contribution in [0.3, 0.4) is 0 Å². The van der Waals surface area contributed by atoms with Gasteiger partial charge in [-0.05, 0) is 25.1 Å². The molecule has 0 aliphatic carbocycles. The van der Waals surface area contributed by atoms with Gasteiger partial charge in [0, 0.05) is 5.02 Å². The molecule has 0 amide bonds. The highest BCUT2D eigenvalue weighted by atomic mass is 35.5. The molecule has 4 heteroatoms. The van der Waals surface area contributed by atoms with Gasteiger partial charge in [0.1, 0.15) is 5.75 Å². The van der Waals surface area contributed by atoms with Crippen molar-refractivity contribution in [1.29, 1.82) is 0 Å². The Hall–Kier alpha value is -1.22. The molecular formula is C9H9ClO3. The molecule has 0 aliphatic rings. The van der Waals surface area contributed by atoms with E-state index in [0.29, 0.717) is 11.6 Å². The van der Waals surface area contributed by atoms with E-state index in [-0.39, 0.29) is 11.3 Å². The molecule has 1 N–H and O–H groups in total. The summed E-state index contributed by atoms with van der Waals surface area (Å²) in [6.45, 7) is 2.01. The van der Waals surface area contributed by atoms with Crippen molar-refractivity contribution in [2.45, 2.75) is 6.92 Å². The molecule has 0 aromatic heterocycles. The Balaban J connectivity index is 2.94. The number of esters is 1. The molecule has 0 saturated carbocycles. The van der Waals surface area contributed by atoms with Gasteiger partial charge in [-0.15, -0.1) is 0 Å². The Labute approximate surface area is 80.9 Å². The van der Waals surface area contributed by atoms with Gasteiger partial charge in [0.15, 0.2) is 0 Å². The molecule has 1 aromatic carbocycles.